The number of carboxylic acids is 1. The van der Waals surface area contributed by atoms with Crippen molar-refractivity contribution in [2.24, 2.45) is 7.05 Å². The number of rotatable bonds is 4. The van der Waals surface area contributed by atoms with Gasteiger partial charge in [-0.15, -0.1) is 0 Å². The molecule has 8 nitrogen and oxygen atoms in total. The van der Waals surface area contributed by atoms with E-state index in [0.29, 0.717) is 5.88 Å². The molecule has 2 amide bonds. The fourth-order valence-corrected chi connectivity index (χ4v) is 1.29. The molecule has 19 heavy (non-hydrogen) atoms. The Labute approximate surface area is 110 Å². The fraction of sp³-hybridized carbons (Fsp3) is 0.545. The van der Waals surface area contributed by atoms with Gasteiger partial charge in [0, 0.05) is 20.2 Å². The molecule has 8 heteroatoms. The Balaban J connectivity index is 2.82. The summed E-state index contributed by atoms with van der Waals surface area (Å²) in [6, 6.07) is 0.979. The first-order valence-corrected chi connectivity index (χ1v) is 5.56. The number of nitrogens with zero attached hydrogens (tertiary/aromatic N) is 3. The van der Waals surface area contributed by atoms with Crippen LogP contribution in [-0.2, 0) is 11.8 Å². The van der Waals surface area contributed by atoms with Gasteiger partial charge in [-0.3, -0.25) is 5.32 Å². The van der Waals surface area contributed by atoms with Crippen molar-refractivity contribution in [3.8, 4) is 5.88 Å². The maximum absolute atomic E-state index is 11.9. The van der Waals surface area contributed by atoms with Crippen LogP contribution in [0.5, 0.6) is 5.88 Å². The van der Waals surface area contributed by atoms with Crippen LogP contribution in [-0.4, -0.2) is 51.5 Å². The number of ether oxygens (including phenoxy) is 1. The average molecular weight is 270 g/mol. The van der Waals surface area contributed by atoms with Crippen LogP contribution in [0.2, 0.25) is 0 Å². The van der Waals surface area contributed by atoms with Crippen molar-refractivity contribution in [1.29, 1.82) is 0 Å². The average Bonchev–Trinajstić information content (AvgIpc) is 2.67. The third kappa shape index (κ3) is 2.95. The van der Waals surface area contributed by atoms with Gasteiger partial charge in [0.05, 0.1) is 7.11 Å². The standard InChI is InChI=1S/C11H18N4O4/c1-11(2,9(16)17)14(3)10(18)12-7-6-8(19-5)15(4)13-7/h6H,1-5H3,(H,16,17)(H,12,13,18). The van der Waals surface area contributed by atoms with E-state index in [1.165, 1.54) is 32.7 Å². The normalized spacial score (nSPS) is 11.0. The minimum atomic E-state index is -1.32. The number of anilines is 1. The van der Waals surface area contributed by atoms with Crippen LogP contribution in [0.15, 0.2) is 6.07 Å². The highest BCUT2D eigenvalue weighted by atomic mass is 16.5. The van der Waals surface area contributed by atoms with Gasteiger partial charge in [-0.1, -0.05) is 0 Å². The number of nitrogens with one attached hydrogen (secondary N) is 1. The SMILES string of the molecule is COc1cc(NC(=O)N(C)C(C)(C)C(=O)O)nn1C. The van der Waals surface area contributed by atoms with E-state index in [9.17, 15) is 9.59 Å². The van der Waals surface area contributed by atoms with Crippen LogP contribution in [0.3, 0.4) is 0 Å². The number of carbonyl (C=O) groups excluding carboxylic acids is 1. The first kappa shape index (κ1) is 14.8. The zero-order valence-electron chi connectivity index (χ0n) is 11.6. The molecule has 1 aromatic heterocycles. The Bertz CT molecular complexity index is 495. The molecule has 1 rings (SSSR count). The van der Waals surface area contributed by atoms with E-state index in [1.54, 1.807) is 13.1 Å². The largest absolute Gasteiger partial charge is 0.481 e. The van der Waals surface area contributed by atoms with Crippen LogP contribution in [0.25, 0.3) is 0 Å². The number of aryl methyl sites for hydroxylation is 1. The number of carbonyl (C=O) groups is 2. The van der Waals surface area contributed by atoms with Crippen molar-refractivity contribution in [3.05, 3.63) is 6.07 Å². The number of aliphatic carboxylic acids is 1. The number of methoxy groups -OCH3 is 1. The molecular weight excluding hydrogens is 252 g/mol. The summed E-state index contributed by atoms with van der Waals surface area (Å²) in [6.45, 7) is 2.88. The number of likely N-dealkylation sites (N-methyl/N-ethyl adjacent to an activating group) is 1. The summed E-state index contributed by atoms with van der Waals surface area (Å²) in [5, 5.41) is 15.6. The van der Waals surface area contributed by atoms with E-state index in [4.69, 9.17) is 9.84 Å². The van der Waals surface area contributed by atoms with Gasteiger partial charge in [0.15, 0.2) is 5.82 Å². The maximum Gasteiger partial charge on any atom is 0.329 e. The molecule has 0 aliphatic carbocycles. The minimum Gasteiger partial charge on any atom is -0.481 e. The predicted octanol–water partition coefficient (Wildman–Crippen LogP) is 0.756. The Hall–Kier alpha value is -2.25. The Morgan fingerprint density at radius 1 is 1.53 bits per heavy atom. The molecule has 0 saturated heterocycles. The first-order chi connectivity index (χ1) is 8.70. The van der Waals surface area contributed by atoms with E-state index in [1.807, 2.05) is 0 Å². The molecule has 0 radical (unpaired) electrons. The molecule has 0 aliphatic rings. The van der Waals surface area contributed by atoms with Gasteiger partial charge in [-0.2, -0.15) is 5.10 Å². The molecule has 2 N–H and O–H groups in total. The molecule has 0 aromatic carbocycles. The topological polar surface area (TPSA) is 96.7 Å². The number of carboxylic acid groups (broad SMARTS) is 1. The van der Waals surface area contributed by atoms with E-state index in [2.05, 4.69) is 10.4 Å². The summed E-state index contributed by atoms with van der Waals surface area (Å²) in [6.07, 6.45) is 0. The highest BCUT2D eigenvalue weighted by molar-refractivity contribution is 5.92. The number of urea groups is 1. The lowest BCUT2D eigenvalue weighted by Gasteiger charge is -2.31. The van der Waals surface area contributed by atoms with Crippen molar-refractivity contribution in [3.63, 3.8) is 0 Å². The van der Waals surface area contributed by atoms with E-state index < -0.39 is 17.5 Å². The van der Waals surface area contributed by atoms with Crippen molar-refractivity contribution in [1.82, 2.24) is 14.7 Å². The smallest absolute Gasteiger partial charge is 0.329 e. The van der Waals surface area contributed by atoms with Crippen LogP contribution in [0, 0.1) is 0 Å². The lowest BCUT2D eigenvalue weighted by Crippen LogP contribution is -2.52. The molecule has 1 aromatic rings. The van der Waals surface area contributed by atoms with Gasteiger partial charge in [0.1, 0.15) is 5.54 Å². The van der Waals surface area contributed by atoms with Gasteiger partial charge in [0.2, 0.25) is 5.88 Å². The summed E-state index contributed by atoms with van der Waals surface area (Å²) < 4.78 is 6.47. The molecule has 0 spiro atoms. The number of hydrogen-bond acceptors (Lipinski definition) is 4. The van der Waals surface area contributed by atoms with E-state index in [0.717, 1.165) is 4.90 Å². The zero-order valence-corrected chi connectivity index (χ0v) is 11.6. The maximum atomic E-state index is 11.9. The predicted molar refractivity (Wildman–Crippen MR) is 68.3 cm³/mol. The van der Waals surface area contributed by atoms with Crippen molar-refractivity contribution in [2.75, 3.05) is 19.5 Å². The van der Waals surface area contributed by atoms with Gasteiger partial charge >= 0.3 is 12.0 Å². The molecule has 0 unspecified atom stereocenters. The fourth-order valence-electron chi connectivity index (χ4n) is 1.29. The summed E-state index contributed by atoms with van der Waals surface area (Å²) >= 11 is 0. The molecule has 0 fully saturated rings. The van der Waals surface area contributed by atoms with Gasteiger partial charge < -0.3 is 14.7 Å². The van der Waals surface area contributed by atoms with Gasteiger partial charge in [-0.05, 0) is 13.8 Å². The highest BCUT2D eigenvalue weighted by Gasteiger charge is 2.35. The first-order valence-electron chi connectivity index (χ1n) is 5.56. The van der Waals surface area contributed by atoms with Crippen molar-refractivity contribution < 1.29 is 19.4 Å². The highest BCUT2D eigenvalue weighted by Crippen LogP contribution is 2.18. The van der Waals surface area contributed by atoms with E-state index >= 15 is 0 Å². The second-order valence-corrected chi connectivity index (χ2v) is 4.55. The lowest BCUT2D eigenvalue weighted by atomic mass is 10.1. The van der Waals surface area contributed by atoms with Crippen molar-refractivity contribution in [2.45, 2.75) is 19.4 Å². The molecule has 1 heterocycles. The number of amides is 2. The molecule has 0 atom stereocenters. The quantitative estimate of drug-likeness (QED) is 0.841. The molecule has 0 saturated carbocycles. The van der Waals surface area contributed by atoms with Crippen LogP contribution in [0.4, 0.5) is 10.6 Å². The Morgan fingerprint density at radius 3 is 2.53 bits per heavy atom. The summed E-state index contributed by atoms with van der Waals surface area (Å²) in [5.74, 6) is -0.323. The monoisotopic (exact) mass is 270 g/mol. The zero-order chi connectivity index (χ0) is 14.8. The molecule has 0 bridgehead atoms. The summed E-state index contributed by atoms with van der Waals surface area (Å²) in [5.41, 5.74) is -1.32. The Kier molecular flexibility index (Phi) is 4.03. The van der Waals surface area contributed by atoms with Crippen LogP contribution < -0.4 is 10.1 Å². The van der Waals surface area contributed by atoms with Crippen LogP contribution in [0.1, 0.15) is 13.8 Å². The van der Waals surface area contributed by atoms with Crippen molar-refractivity contribution >= 4 is 17.8 Å². The lowest BCUT2D eigenvalue weighted by molar-refractivity contribution is -0.146. The molecule has 106 valence electrons. The third-order valence-electron chi connectivity index (χ3n) is 2.95. The number of hydrogen-bond donors (Lipinski definition) is 2. The molecule has 0 aliphatic heterocycles. The summed E-state index contributed by atoms with van der Waals surface area (Å²) in [7, 11) is 4.56. The second kappa shape index (κ2) is 5.17. The molecular formula is C11H18N4O4. The van der Waals surface area contributed by atoms with Gasteiger partial charge in [0.25, 0.3) is 0 Å². The minimum absolute atomic E-state index is 0.289. The summed E-state index contributed by atoms with van der Waals surface area (Å²) in [4.78, 5) is 24.1. The van der Waals surface area contributed by atoms with Crippen LogP contribution >= 0.6 is 0 Å². The second-order valence-electron chi connectivity index (χ2n) is 4.55. The Morgan fingerprint density at radius 2 is 2.11 bits per heavy atom. The third-order valence-corrected chi connectivity index (χ3v) is 2.95. The van der Waals surface area contributed by atoms with E-state index in [-0.39, 0.29) is 5.82 Å². The number of aromatic nitrogens is 2. The van der Waals surface area contributed by atoms with Gasteiger partial charge in [-0.25, -0.2) is 14.3 Å².